The van der Waals surface area contributed by atoms with Gasteiger partial charge in [-0.2, -0.15) is 10.5 Å². The summed E-state index contributed by atoms with van der Waals surface area (Å²) in [5.41, 5.74) is 15.0. The van der Waals surface area contributed by atoms with Gasteiger partial charge in [0.2, 0.25) is 31.3 Å². The van der Waals surface area contributed by atoms with Gasteiger partial charge in [-0.05, 0) is 104 Å². The van der Waals surface area contributed by atoms with Crippen LogP contribution in [0.5, 0.6) is 57.5 Å². The van der Waals surface area contributed by atoms with Crippen LogP contribution >= 0.6 is 0 Å². The van der Waals surface area contributed by atoms with Crippen molar-refractivity contribution in [3.8, 4) is 69.6 Å². The minimum absolute atomic E-state index is 0.00939. The lowest BCUT2D eigenvalue weighted by Gasteiger charge is -2.60. The van der Waals surface area contributed by atoms with Crippen molar-refractivity contribution in [2.45, 2.75) is 167 Å². The van der Waals surface area contributed by atoms with E-state index in [-0.39, 0.29) is 92.5 Å². The molecule has 2 unspecified atom stereocenters. The molecule has 90 heavy (non-hydrogen) atoms. The van der Waals surface area contributed by atoms with Crippen LogP contribution in [-0.4, -0.2) is 163 Å². The number of hydrogen-bond acceptors (Lipinski definition) is 22. The van der Waals surface area contributed by atoms with Crippen LogP contribution < -0.4 is 59.6 Å². The number of nitriles is 2. The average Bonchev–Trinajstić information content (AvgIpc) is 0.882. The van der Waals surface area contributed by atoms with Crippen LogP contribution in [0, 0.1) is 50.4 Å². The molecule has 0 spiro atoms. The van der Waals surface area contributed by atoms with Gasteiger partial charge >= 0.3 is 11.9 Å². The monoisotopic (exact) mass is 1240 g/mol. The Hall–Kier alpha value is -8.59. The van der Waals surface area contributed by atoms with Crippen LogP contribution in [0.2, 0.25) is 0 Å². The van der Waals surface area contributed by atoms with Crippen molar-refractivity contribution in [1.82, 2.24) is 35.6 Å². The third kappa shape index (κ3) is 10.1. The summed E-state index contributed by atoms with van der Waals surface area (Å²) < 4.78 is 46.8. The second-order valence-corrected chi connectivity index (χ2v) is 24.6. The molecule has 0 aromatic heterocycles. The highest BCUT2D eigenvalue weighted by Crippen LogP contribution is 2.61. The number of phenols is 2. The summed E-state index contributed by atoms with van der Waals surface area (Å²) >= 11 is 0. The molecule has 0 aliphatic carbocycles. The highest BCUT2D eigenvalue weighted by atomic mass is 16.7. The first kappa shape index (κ1) is 63.0. The molecule has 12 rings (SSSR count). The number of aryl methyl sites for hydroxylation is 2. The lowest BCUT2D eigenvalue weighted by atomic mass is 9.71. The quantitative estimate of drug-likeness (QED) is 0.0847. The number of carbonyl (C=O) groups is 5. The molecule has 25 nitrogen and oxygen atoms in total. The van der Waals surface area contributed by atoms with E-state index in [1.165, 1.54) is 28.1 Å². The van der Waals surface area contributed by atoms with E-state index in [0.717, 1.165) is 38.9 Å². The minimum atomic E-state index is -0.792. The van der Waals surface area contributed by atoms with E-state index < -0.39 is 54.2 Å². The van der Waals surface area contributed by atoms with Crippen LogP contribution in [-0.2, 0) is 49.7 Å². The first-order chi connectivity index (χ1) is 42.9. The second-order valence-electron chi connectivity index (χ2n) is 24.6. The van der Waals surface area contributed by atoms with Gasteiger partial charge in [0.15, 0.2) is 46.0 Å². The number of methoxy groups -OCH3 is 2. The SMILES string of the molecule is CCC(=O)N[C@@H](C)C(=O)NC[C@H]1c2c(c(OC(C)=O)c(C)c3c2OCO3)CC2[C@H]3c4c(cc(C)c(OC)c4O)C[C@@H]([C@H](C#N)N21)N3C.COc1c(C)cc2c(c1O)[C@@H]1C3Cc4c(OC(C)=O)c(C)c5c(c4[C@H](CNC(=O)[C@H](C)N)N3[C@@H](C#N)[C@H](C2)N1C)OCO5. The van der Waals surface area contributed by atoms with E-state index in [1.54, 1.807) is 20.8 Å². The summed E-state index contributed by atoms with van der Waals surface area (Å²) in [7, 11) is 7.01. The Morgan fingerprint density at radius 1 is 0.633 bits per heavy atom. The van der Waals surface area contributed by atoms with E-state index in [4.69, 9.17) is 43.6 Å². The summed E-state index contributed by atoms with van der Waals surface area (Å²) in [6.45, 7) is 15.2. The Balaban J connectivity index is 0.000000186. The van der Waals surface area contributed by atoms with Crippen molar-refractivity contribution < 1.29 is 72.1 Å². The van der Waals surface area contributed by atoms with Crippen molar-refractivity contribution in [3.63, 3.8) is 0 Å². The largest absolute Gasteiger partial charge is 0.504 e. The predicted octanol–water partition coefficient (Wildman–Crippen LogP) is 4.38. The number of carbonyl (C=O) groups excluding carboxylic acids is 5. The van der Waals surface area contributed by atoms with Crippen LogP contribution in [0.25, 0.3) is 0 Å². The van der Waals surface area contributed by atoms with Gasteiger partial charge in [0, 0.05) is 102 Å². The standard InChI is InChI=1S/C34H41N5O8.C31H37N5O7/c1-8-25(41)37-17(4)34(43)36-13-24-27-20(31(47-18(5)40)16(3)32-33(27)46-14-45-32)11-22-28-26-19(9-15(2)30(44-7)29(26)42)10-21(38(28)6)23(12-35)39(22)24;1-13-7-17-8-19-21(10-32)36-20(25(35(19)5)23(17)26(38)27(13)40-6)9-18-24(22(36)11-34-31(39)15(3)33)30-29(41-12-42-30)14(2)28(18)43-16(4)37/h9,17,21-24,28,42H,8,10-11,13-14H2,1-7H3,(H,36,43)(H,37,41);7,15,19-22,25,38H,8-9,11-12,33H2,1-6H3,(H,34,39)/t17-,21-,22?,23-,24-,28-;15-,19-,20?,21-,22-,25-/m00/s1. The Morgan fingerprint density at radius 3 is 1.40 bits per heavy atom. The molecule has 4 bridgehead atoms. The molecular weight excluding hydrogens is 1160 g/mol. The van der Waals surface area contributed by atoms with Gasteiger partial charge < -0.3 is 69.8 Å². The van der Waals surface area contributed by atoms with Gasteiger partial charge in [-0.25, -0.2) is 0 Å². The minimum Gasteiger partial charge on any atom is -0.504 e. The van der Waals surface area contributed by atoms with E-state index in [9.17, 15) is 44.7 Å². The number of ether oxygens (including phenoxy) is 8. The fraction of sp³-hybridized carbons (Fsp3) is 0.523. The Kier molecular flexibility index (Phi) is 17.0. The smallest absolute Gasteiger partial charge is 0.308 e. The third-order valence-corrected chi connectivity index (χ3v) is 19.5. The normalized spacial score (nSPS) is 25.2. The van der Waals surface area contributed by atoms with Gasteiger partial charge in [-0.3, -0.25) is 43.6 Å². The first-order valence-corrected chi connectivity index (χ1v) is 30.4. The Morgan fingerprint density at radius 2 is 1.03 bits per heavy atom. The van der Waals surface area contributed by atoms with Crippen LogP contribution in [0.15, 0.2) is 12.1 Å². The zero-order valence-electron chi connectivity index (χ0n) is 52.9. The molecule has 7 N–H and O–H groups in total. The number of esters is 2. The van der Waals surface area contributed by atoms with Gasteiger partial charge in [0.25, 0.3) is 0 Å². The van der Waals surface area contributed by atoms with Crippen molar-refractivity contribution in [1.29, 1.82) is 10.5 Å². The highest BCUT2D eigenvalue weighted by molar-refractivity contribution is 5.87. The fourth-order valence-corrected chi connectivity index (χ4v) is 15.7. The van der Waals surface area contributed by atoms with Gasteiger partial charge in [0.1, 0.15) is 29.6 Å². The summed E-state index contributed by atoms with van der Waals surface area (Å²) in [6, 6.07) is 3.36. The average molecular weight is 1240 g/mol. The number of piperazine rings is 2. The van der Waals surface area contributed by atoms with Crippen molar-refractivity contribution in [3.05, 3.63) is 78.9 Å². The van der Waals surface area contributed by atoms with Crippen molar-refractivity contribution >= 4 is 29.7 Å². The summed E-state index contributed by atoms with van der Waals surface area (Å²) in [4.78, 5) is 71.6. The van der Waals surface area contributed by atoms with Crippen LogP contribution in [0.3, 0.4) is 0 Å². The molecule has 2 saturated heterocycles. The Labute approximate surface area is 522 Å². The van der Waals surface area contributed by atoms with Gasteiger partial charge in [0.05, 0.1) is 56.6 Å². The molecule has 4 aromatic rings. The number of amides is 3. The lowest BCUT2D eigenvalue weighted by Crippen LogP contribution is -2.69. The predicted molar refractivity (Wildman–Crippen MR) is 323 cm³/mol. The molecule has 8 aliphatic rings. The molecule has 0 radical (unpaired) electrons. The molecule has 12 atom stereocenters. The van der Waals surface area contributed by atoms with Gasteiger partial charge in [-0.1, -0.05) is 19.1 Å². The molecule has 8 aliphatic heterocycles. The van der Waals surface area contributed by atoms with E-state index in [0.29, 0.717) is 99.5 Å². The number of phenolic OH excluding ortho intramolecular Hbond substituents is 2. The molecule has 4 aromatic carbocycles. The zero-order valence-corrected chi connectivity index (χ0v) is 52.9. The maximum Gasteiger partial charge on any atom is 0.308 e. The maximum absolute atomic E-state index is 13.3. The summed E-state index contributed by atoms with van der Waals surface area (Å²) in [6.07, 6.45) is 2.01. The molecule has 0 saturated carbocycles. The topological polar surface area (TPSA) is 322 Å². The number of fused-ring (bicyclic) bond motifs is 18. The number of rotatable bonds is 12. The first-order valence-electron chi connectivity index (χ1n) is 30.4. The summed E-state index contributed by atoms with van der Waals surface area (Å²) in [5.74, 6) is 1.66. The number of nitrogens with two attached hydrogens (primary N) is 1. The zero-order chi connectivity index (χ0) is 64.8. The highest BCUT2D eigenvalue weighted by Gasteiger charge is 2.59. The Bertz CT molecular complexity index is 3750. The molecule has 478 valence electrons. The van der Waals surface area contributed by atoms with Gasteiger partial charge in [-0.15, -0.1) is 0 Å². The van der Waals surface area contributed by atoms with Crippen molar-refractivity contribution in [2.75, 3.05) is 55.0 Å². The molecule has 2 fully saturated rings. The molecule has 3 amide bonds. The maximum atomic E-state index is 13.3. The van der Waals surface area contributed by atoms with Crippen molar-refractivity contribution in [2.24, 2.45) is 5.73 Å². The van der Waals surface area contributed by atoms with E-state index >= 15 is 0 Å². The second kappa shape index (κ2) is 24.3. The number of aromatic hydroxyl groups is 2. The lowest BCUT2D eigenvalue weighted by molar-refractivity contribution is -0.133. The third-order valence-electron chi connectivity index (χ3n) is 19.5. The molecule has 8 heterocycles. The summed E-state index contributed by atoms with van der Waals surface area (Å²) in [5, 5.41) is 53.5. The van der Waals surface area contributed by atoms with E-state index in [1.807, 2.05) is 53.9 Å². The fourth-order valence-electron chi connectivity index (χ4n) is 15.7. The van der Waals surface area contributed by atoms with Crippen LogP contribution in [0.1, 0.15) is 132 Å². The number of nitrogens with zero attached hydrogens (tertiary/aromatic N) is 6. The number of hydrogen-bond donors (Lipinski definition) is 6. The number of likely N-dealkylation sites (N-methyl/N-ethyl adjacent to an activating group) is 2. The number of benzene rings is 4. The van der Waals surface area contributed by atoms with E-state index in [2.05, 4.69) is 47.7 Å². The molecule has 25 heteroatoms. The molecular formula is C65H78N10O15. The van der Waals surface area contributed by atoms with Crippen LogP contribution in [0.4, 0.5) is 0 Å². The number of nitrogens with one attached hydrogen (secondary N) is 3.